The molecule has 0 bridgehead atoms. The van der Waals surface area contributed by atoms with Gasteiger partial charge in [-0.25, -0.2) is 17.6 Å². The summed E-state index contributed by atoms with van der Waals surface area (Å²) in [4.78, 5) is 1.49. The van der Waals surface area contributed by atoms with Crippen molar-refractivity contribution in [3.8, 4) is 0 Å². The van der Waals surface area contributed by atoms with Gasteiger partial charge in [0.2, 0.25) is 0 Å². The van der Waals surface area contributed by atoms with Gasteiger partial charge in [-0.15, -0.1) is 24.8 Å². The molecule has 1 N–H and O–H groups in total. The molecule has 1 atom stereocenters. The van der Waals surface area contributed by atoms with E-state index in [0.29, 0.717) is 26.2 Å². The van der Waals surface area contributed by atoms with E-state index in [1.165, 1.54) is 24.0 Å². The van der Waals surface area contributed by atoms with Crippen LogP contribution in [-0.4, -0.2) is 37.5 Å². The maximum absolute atomic E-state index is 13.9. The fourth-order valence-electron chi connectivity index (χ4n) is 2.34. The quantitative estimate of drug-likeness (QED) is 0.843. The van der Waals surface area contributed by atoms with Gasteiger partial charge in [0.25, 0.3) is 6.43 Å². The van der Waals surface area contributed by atoms with E-state index in [1.807, 2.05) is 0 Å². The molecule has 1 aliphatic heterocycles. The average molecular weight is 349 g/mol. The van der Waals surface area contributed by atoms with E-state index in [2.05, 4.69) is 5.32 Å². The molecule has 0 radical (unpaired) electrons. The molecule has 1 fully saturated rings. The molecule has 8 heteroatoms. The predicted molar refractivity (Wildman–Crippen MR) is 78.8 cm³/mol. The van der Waals surface area contributed by atoms with Crippen LogP contribution in [0.25, 0.3) is 0 Å². The zero-order chi connectivity index (χ0) is 14.0. The van der Waals surface area contributed by atoms with Crippen molar-refractivity contribution >= 4 is 24.8 Å². The zero-order valence-electron chi connectivity index (χ0n) is 11.4. The lowest BCUT2D eigenvalue weighted by Crippen LogP contribution is -2.47. The maximum atomic E-state index is 13.9. The fraction of sp³-hybridized carbons (Fsp3) is 0.538. The Kier molecular flexibility index (Phi) is 8.54. The summed E-state index contributed by atoms with van der Waals surface area (Å²) in [5.41, 5.74) is -0.144. The second kappa shape index (κ2) is 8.78. The number of hydrogen-bond donors (Lipinski definition) is 1. The molecule has 21 heavy (non-hydrogen) atoms. The van der Waals surface area contributed by atoms with Crippen LogP contribution in [0.4, 0.5) is 17.6 Å². The summed E-state index contributed by atoms with van der Waals surface area (Å²) in [6.07, 6.45) is -2.75. The van der Waals surface area contributed by atoms with Crippen molar-refractivity contribution in [3.63, 3.8) is 0 Å². The molecule has 1 heterocycles. The third-order valence-electron chi connectivity index (χ3n) is 3.41. The van der Waals surface area contributed by atoms with Gasteiger partial charge in [0.1, 0.15) is 0 Å². The third-order valence-corrected chi connectivity index (χ3v) is 3.41. The molecule has 0 spiro atoms. The van der Waals surface area contributed by atoms with E-state index in [4.69, 9.17) is 0 Å². The van der Waals surface area contributed by atoms with Crippen molar-refractivity contribution < 1.29 is 17.6 Å². The topological polar surface area (TPSA) is 15.3 Å². The lowest BCUT2D eigenvalue weighted by atomic mass is 10.0. The van der Waals surface area contributed by atoms with Crippen molar-refractivity contribution in [2.45, 2.75) is 19.4 Å². The predicted octanol–water partition coefficient (Wildman–Crippen LogP) is 3.33. The summed E-state index contributed by atoms with van der Waals surface area (Å²) in [6, 6.07) is 1.20. The maximum Gasteiger partial charge on any atom is 0.258 e. The SMILES string of the molecule is Cc1ccc([C@@H](C(F)F)N2CCNCC2)c(F)c1F.Cl.Cl. The van der Waals surface area contributed by atoms with Gasteiger partial charge in [0, 0.05) is 31.7 Å². The minimum atomic E-state index is -2.75. The van der Waals surface area contributed by atoms with E-state index >= 15 is 0 Å². The van der Waals surface area contributed by atoms with Gasteiger partial charge in [0.05, 0.1) is 6.04 Å². The number of aryl methyl sites for hydroxylation is 1. The highest BCUT2D eigenvalue weighted by Gasteiger charge is 2.33. The van der Waals surface area contributed by atoms with E-state index in [0.717, 1.165) is 0 Å². The Morgan fingerprint density at radius 2 is 1.62 bits per heavy atom. The molecule has 1 aromatic carbocycles. The van der Waals surface area contributed by atoms with Crippen LogP contribution in [0.1, 0.15) is 17.2 Å². The Balaban J connectivity index is 0.00000200. The first-order chi connectivity index (χ1) is 9.02. The molecule has 0 aromatic heterocycles. The third kappa shape index (κ3) is 4.45. The molecular weight excluding hydrogens is 331 g/mol. The Morgan fingerprint density at radius 1 is 1.05 bits per heavy atom. The average Bonchev–Trinajstić information content (AvgIpc) is 2.40. The Hall–Kier alpha value is -0.560. The van der Waals surface area contributed by atoms with Crippen LogP contribution >= 0.6 is 24.8 Å². The van der Waals surface area contributed by atoms with Gasteiger partial charge < -0.3 is 5.32 Å². The number of piperazine rings is 1. The van der Waals surface area contributed by atoms with Crippen molar-refractivity contribution in [3.05, 3.63) is 34.9 Å². The number of nitrogens with one attached hydrogen (secondary N) is 1. The molecule has 122 valence electrons. The summed E-state index contributed by atoms with van der Waals surface area (Å²) < 4.78 is 53.9. The van der Waals surface area contributed by atoms with Crippen LogP contribution in [0.2, 0.25) is 0 Å². The summed E-state index contributed by atoms with van der Waals surface area (Å²) >= 11 is 0. The van der Waals surface area contributed by atoms with Gasteiger partial charge in [-0.2, -0.15) is 0 Å². The number of rotatable bonds is 3. The van der Waals surface area contributed by atoms with Crippen molar-refractivity contribution in [1.82, 2.24) is 10.2 Å². The minimum Gasteiger partial charge on any atom is -0.314 e. The smallest absolute Gasteiger partial charge is 0.258 e. The Morgan fingerprint density at radius 3 is 2.14 bits per heavy atom. The van der Waals surface area contributed by atoms with Crippen LogP contribution in [0, 0.1) is 18.6 Å². The van der Waals surface area contributed by atoms with Gasteiger partial charge >= 0.3 is 0 Å². The molecular formula is C13H18Cl2F4N2. The number of hydrogen-bond acceptors (Lipinski definition) is 2. The van der Waals surface area contributed by atoms with Crippen LogP contribution in [-0.2, 0) is 0 Å². The standard InChI is InChI=1S/C13H16F4N2.2ClH/c1-8-2-3-9(11(15)10(8)14)12(13(16)17)19-6-4-18-5-7-19;;/h2-3,12-13,18H,4-7H2,1H3;2*1H/t12-;;/m0../s1. The van der Waals surface area contributed by atoms with Crippen molar-refractivity contribution in [2.75, 3.05) is 26.2 Å². The van der Waals surface area contributed by atoms with Crippen LogP contribution < -0.4 is 5.32 Å². The molecule has 0 amide bonds. The lowest BCUT2D eigenvalue weighted by molar-refractivity contribution is 0.0161. The van der Waals surface area contributed by atoms with Gasteiger partial charge in [-0.3, -0.25) is 4.90 Å². The van der Waals surface area contributed by atoms with E-state index in [-0.39, 0.29) is 35.9 Å². The molecule has 0 aliphatic carbocycles. The number of alkyl halides is 2. The van der Waals surface area contributed by atoms with Crippen LogP contribution in [0.15, 0.2) is 12.1 Å². The number of halogens is 6. The number of benzene rings is 1. The highest BCUT2D eigenvalue weighted by Crippen LogP contribution is 2.31. The summed E-state index contributed by atoms with van der Waals surface area (Å²) in [6.45, 7) is 3.33. The Labute approximate surface area is 133 Å². The lowest BCUT2D eigenvalue weighted by Gasteiger charge is -2.34. The molecule has 1 aliphatic rings. The van der Waals surface area contributed by atoms with Crippen LogP contribution in [0.5, 0.6) is 0 Å². The zero-order valence-corrected chi connectivity index (χ0v) is 13.0. The second-order valence-corrected chi connectivity index (χ2v) is 4.66. The normalized spacial score (nSPS) is 17.0. The number of nitrogens with zero attached hydrogens (tertiary/aromatic N) is 1. The fourth-order valence-corrected chi connectivity index (χ4v) is 2.34. The van der Waals surface area contributed by atoms with Gasteiger partial charge in [-0.05, 0) is 12.5 Å². The highest BCUT2D eigenvalue weighted by atomic mass is 35.5. The van der Waals surface area contributed by atoms with Crippen LogP contribution in [0.3, 0.4) is 0 Å². The first-order valence-electron chi connectivity index (χ1n) is 6.19. The first kappa shape index (κ1) is 20.4. The molecule has 0 unspecified atom stereocenters. The van der Waals surface area contributed by atoms with E-state index < -0.39 is 24.1 Å². The first-order valence-corrected chi connectivity index (χ1v) is 6.19. The molecule has 1 saturated heterocycles. The Bertz CT molecular complexity index is 454. The van der Waals surface area contributed by atoms with Crippen molar-refractivity contribution in [2.24, 2.45) is 0 Å². The summed E-state index contributed by atoms with van der Waals surface area (Å²) in [5, 5.41) is 3.04. The summed E-state index contributed by atoms with van der Waals surface area (Å²) in [7, 11) is 0. The van der Waals surface area contributed by atoms with E-state index in [9.17, 15) is 17.6 Å². The second-order valence-electron chi connectivity index (χ2n) is 4.66. The largest absolute Gasteiger partial charge is 0.314 e. The molecule has 0 saturated carbocycles. The van der Waals surface area contributed by atoms with Gasteiger partial charge in [0.15, 0.2) is 11.6 Å². The molecule has 1 aromatic rings. The van der Waals surface area contributed by atoms with E-state index in [1.54, 1.807) is 0 Å². The van der Waals surface area contributed by atoms with Crippen molar-refractivity contribution in [1.29, 1.82) is 0 Å². The minimum absolute atomic E-state index is 0. The van der Waals surface area contributed by atoms with Gasteiger partial charge in [-0.1, -0.05) is 12.1 Å². The monoisotopic (exact) mass is 348 g/mol. The molecule has 2 rings (SSSR count). The highest BCUT2D eigenvalue weighted by molar-refractivity contribution is 5.85. The molecule has 2 nitrogen and oxygen atoms in total. The summed E-state index contributed by atoms with van der Waals surface area (Å²) in [5.74, 6) is -2.21.